The van der Waals surface area contributed by atoms with Gasteiger partial charge in [-0.05, 0) is 19.3 Å². The van der Waals surface area contributed by atoms with E-state index in [9.17, 15) is 14.4 Å². The predicted octanol–water partition coefficient (Wildman–Crippen LogP) is 3.16. The van der Waals surface area contributed by atoms with Crippen LogP contribution in [0.25, 0.3) is 0 Å². The summed E-state index contributed by atoms with van der Waals surface area (Å²) in [7, 11) is 0. The molecule has 37 heavy (non-hydrogen) atoms. The molecule has 0 saturated carbocycles. The number of hydrogen-bond acceptors (Lipinski definition) is 10. The number of carbonyl (C=O) groups excluding carboxylic acids is 2. The Morgan fingerprint density at radius 2 is 0.784 bits per heavy atom. The molecule has 0 aromatic rings. The summed E-state index contributed by atoms with van der Waals surface area (Å²) in [5.41, 5.74) is 0. The highest BCUT2D eigenvalue weighted by molar-refractivity contribution is 5.70. The Morgan fingerprint density at radius 3 is 1.16 bits per heavy atom. The van der Waals surface area contributed by atoms with Crippen molar-refractivity contribution in [3.8, 4) is 0 Å². The highest BCUT2D eigenvalue weighted by atomic mass is 16.6. The van der Waals surface area contributed by atoms with Gasteiger partial charge in [0.05, 0.1) is 66.1 Å². The molecule has 0 aliphatic rings. The van der Waals surface area contributed by atoms with Crippen LogP contribution in [0.2, 0.25) is 0 Å². The molecule has 0 rings (SSSR count). The highest BCUT2D eigenvalue weighted by Gasteiger charge is 2.04. The fourth-order valence-electron chi connectivity index (χ4n) is 2.97. The number of ether oxygens (including phenoxy) is 7. The van der Waals surface area contributed by atoms with E-state index in [1.165, 1.54) is 19.3 Å². The number of rotatable bonds is 29. The molecule has 0 unspecified atom stereocenters. The van der Waals surface area contributed by atoms with Gasteiger partial charge in [-0.15, -0.1) is 0 Å². The molecule has 218 valence electrons. The molecule has 0 spiro atoms. The van der Waals surface area contributed by atoms with Gasteiger partial charge in [-0.3, -0.25) is 14.4 Å². The van der Waals surface area contributed by atoms with Gasteiger partial charge in [0.25, 0.3) is 0 Å². The van der Waals surface area contributed by atoms with Crippen LogP contribution in [0.15, 0.2) is 0 Å². The molecule has 0 atom stereocenters. The molecule has 0 aromatic heterocycles. The Kier molecular flexibility index (Phi) is 27.4. The topological polar surface area (TPSA) is 136 Å². The lowest BCUT2D eigenvalue weighted by Crippen LogP contribution is -2.15. The van der Waals surface area contributed by atoms with Crippen LogP contribution in [0, 0.1) is 0 Å². The van der Waals surface area contributed by atoms with Crippen molar-refractivity contribution in [1.82, 2.24) is 0 Å². The summed E-state index contributed by atoms with van der Waals surface area (Å²) in [6, 6.07) is 0. The fraction of sp³-hybridized carbons (Fsp3) is 0.885. The number of hydrogen-bond donors (Lipinski definition) is 1. The van der Waals surface area contributed by atoms with E-state index in [1.807, 2.05) is 0 Å². The second kappa shape index (κ2) is 28.8. The Balaban J connectivity index is 3.17. The van der Waals surface area contributed by atoms with Crippen molar-refractivity contribution in [2.75, 3.05) is 79.3 Å². The minimum atomic E-state index is -0.862. The third-order valence-electron chi connectivity index (χ3n) is 4.98. The lowest BCUT2D eigenvalue weighted by atomic mass is 10.1. The van der Waals surface area contributed by atoms with Crippen LogP contribution in [0.5, 0.6) is 0 Å². The van der Waals surface area contributed by atoms with Gasteiger partial charge < -0.3 is 38.3 Å². The van der Waals surface area contributed by atoms with Gasteiger partial charge >= 0.3 is 17.9 Å². The predicted molar refractivity (Wildman–Crippen MR) is 135 cm³/mol. The van der Waals surface area contributed by atoms with Crippen molar-refractivity contribution >= 4 is 17.9 Å². The first-order valence-electron chi connectivity index (χ1n) is 13.5. The summed E-state index contributed by atoms with van der Waals surface area (Å²) in [6.07, 6.45) is 7.26. The molecule has 11 heteroatoms. The second-order valence-corrected chi connectivity index (χ2v) is 8.27. The molecule has 0 bridgehead atoms. The summed E-state index contributed by atoms with van der Waals surface area (Å²) < 4.78 is 37.0. The van der Waals surface area contributed by atoms with Crippen LogP contribution in [-0.4, -0.2) is 102 Å². The minimum Gasteiger partial charge on any atom is -0.481 e. The highest BCUT2D eigenvalue weighted by Crippen LogP contribution is 2.05. The number of carboxylic acid groups (broad SMARTS) is 1. The summed E-state index contributed by atoms with van der Waals surface area (Å²) in [6.45, 7) is 6.73. The number of aliphatic carboxylic acids is 1. The molecule has 1 N–H and O–H groups in total. The first kappa shape index (κ1) is 35.2. The molecule has 11 nitrogen and oxygen atoms in total. The fourth-order valence-corrected chi connectivity index (χ4v) is 2.97. The normalized spacial score (nSPS) is 10.9. The van der Waals surface area contributed by atoms with Crippen molar-refractivity contribution in [3.63, 3.8) is 0 Å². The zero-order valence-corrected chi connectivity index (χ0v) is 22.6. The summed E-state index contributed by atoms with van der Waals surface area (Å²) in [5.74, 6) is -1.37. The lowest BCUT2D eigenvalue weighted by Gasteiger charge is -2.08. The Labute approximate surface area is 221 Å². The van der Waals surface area contributed by atoms with Crippen LogP contribution in [-0.2, 0) is 47.5 Å². The van der Waals surface area contributed by atoms with E-state index in [0.29, 0.717) is 78.7 Å². The number of carbonyl (C=O) groups is 3. The first-order valence-corrected chi connectivity index (χ1v) is 13.5. The van der Waals surface area contributed by atoms with E-state index < -0.39 is 5.97 Å². The molecule has 0 aliphatic carbocycles. The van der Waals surface area contributed by atoms with Gasteiger partial charge in [0, 0.05) is 19.3 Å². The SMILES string of the molecule is CCCCCCCC(=O)OCCOCCOCCOCCOCCOCCOC(=O)CCCCC(=O)O. The van der Waals surface area contributed by atoms with Gasteiger partial charge in [0.15, 0.2) is 0 Å². The quantitative estimate of drug-likeness (QED) is 0.111. The van der Waals surface area contributed by atoms with Gasteiger partial charge in [-0.1, -0.05) is 32.6 Å². The van der Waals surface area contributed by atoms with Crippen molar-refractivity contribution in [1.29, 1.82) is 0 Å². The van der Waals surface area contributed by atoms with Gasteiger partial charge in [0.1, 0.15) is 13.2 Å². The molecule has 0 heterocycles. The standard InChI is InChI=1S/C26H48O11/c1-2-3-4-5-6-10-25(29)36-22-20-34-18-16-32-14-12-31-13-15-33-17-19-35-21-23-37-26(30)11-8-7-9-24(27)28/h2-23H2,1H3,(H,27,28). The molecular formula is C26H48O11. The van der Waals surface area contributed by atoms with Crippen LogP contribution in [0.3, 0.4) is 0 Å². The summed E-state index contributed by atoms with van der Waals surface area (Å²) >= 11 is 0. The zero-order chi connectivity index (χ0) is 27.2. The van der Waals surface area contributed by atoms with E-state index >= 15 is 0 Å². The number of carboxylic acids is 1. The maximum absolute atomic E-state index is 11.6. The Hall–Kier alpha value is -1.79. The lowest BCUT2D eigenvalue weighted by molar-refractivity contribution is -0.146. The van der Waals surface area contributed by atoms with Crippen molar-refractivity contribution in [3.05, 3.63) is 0 Å². The van der Waals surface area contributed by atoms with Gasteiger partial charge in [0.2, 0.25) is 0 Å². The Morgan fingerprint density at radius 1 is 0.459 bits per heavy atom. The molecule has 0 saturated heterocycles. The van der Waals surface area contributed by atoms with E-state index in [-0.39, 0.29) is 44.6 Å². The molecule has 0 radical (unpaired) electrons. The van der Waals surface area contributed by atoms with Crippen LogP contribution in [0.4, 0.5) is 0 Å². The monoisotopic (exact) mass is 536 g/mol. The first-order chi connectivity index (χ1) is 18.1. The maximum atomic E-state index is 11.6. The van der Waals surface area contributed by atoms with E-state index in [2.05, 4.69) is 6.92 Å². The molecule has 0 aromatic carbocycles. The van der Waals surface area contributed by atoms with Crippen LogP contribution in [0.1, 0.15) is 71.1 Å². The zero-order valence-electron chi connectivity index (χ0n) is 22.6. The molecule has 0 fully saturated rings. The molecular weight excluding hydrogens is 488 g/mol. The van der Waals surface area contributed by atoms with Crippen LogP contribution >= 0.6 is 0 Å². The van der Waals surface area contributed by atoms with Crippen molar-refractivity contribution in [2.24, 2.45) is 0 Å². The van der Waals surface area contributed by atoms with Crippen molar-refractivity contribution < 1.29 is 52.6 Å². The van der Waals surface area contributed by atoms with Gasteiger partial charge in [-0.2, -0.15) is 0 Å². The number of unbranched alkanes of at least 4 members (excludes halogenated alkanes) is 5. The summed E-state index contributed by atoms with van der Waals surface area (Å²) in [5, 5.41) is 8.52. The second-order valence-electron chi connectivity index (χ2n) is 8.27. The average Bonchev–Trinajstić information content (AvgIpc) is 2.87. The summed E-state index contributed by atoms with van der Waals surface area (Å²) in [4.78, 5) is 33.4. The maximum Gasteiger partial charge on any atom is 0.305 e. The number of esters is 2. The van der Waals surface area contributed by atoms with E-state index in [0.717, 1.165) is 12.8 Å². The smallest absolute Gasteiger partial charge is 0.305 e. The Bertz CT molecular complexity index is 543. The van der Waals surface area contributed by atoms with E-state index in [1.54, 1.807) is 0 Å². The molecule has 0 amide bonds. The third kappa shape index (κ3) is 30.3. The third-order valence-corrected chi connectivity index (χ3v) is 4.98. The molecule has 0 aliphatic heterocycles. The largest absolute Gasteiger partial charge is 0.481 e. The minimum absolute atomic E-state index is 0.0617. The van der Waals surface area contributed by atoms with Crippen molar-refractivity contribution in [2.45, 2.75) is 71.1 Å². The van der Waals surface area contributed by atoms with Crippen LogP contribution < -0.4 is 0 Å². The van der Waals surface area contributed by atoms with Gasteiger partial charge in [-0.25, -0.2) is 0 Å². The average molecular weight is 537 g/mol. The van der Waals surface area contributed by atoms with E-state index in [4.69, 9.17) is 38.3 Å².